The van der Waals surface area contributed by atoms with Crippen molar-refractivity contribution in [3.05, 3.63) is 34.3 Å². The normalized spacial score (nSPS) is 13.9. The number of aliphatic hydroxyl groups excluding tert-OH is 1. The van der Waals surface area contributed by atoms with Crippen molar-refractivity contribution in [2.45, 2.75) is 46.6 Å². The minimum atomic E-state index is -0.265. The Labute approximate surface area is 103 Å². The molecule has 0 aliphatic heterocycles. The van der Waals surface area contributed by atoms with Crippen molar-refractivity contribution in [2.24, 2.45) is 5.41 Å². The molecule has 0 bridgehead atoms. The monoisotopic (exact) mass is 240 g/mol. The lowest BCUT2D eigenvalue weighted by molar-refractivity contribution is 0.129. The Bertz CT molecular complexity index is 356. The summed E-state index contributed by atoms with van der Waals surface area (Å²) in [7, 11) is 0. The van der Waals surface area contributed by atoms with Gasteiger partial charge in [-0.15, -0.1) is 0 Å². The highest BCUT2D eigenvalue weighted by Gasteiger charge is 2.21. The van der Waals surface area contributed by atoms with Gasteiger partial charge in [-0.05, 0) is 49.3 Å². The fourth-order valence-corrected chi connectivity index (χ4v) is 2.49. The standard InChI is InChI=1S/C14H21ClO/c1-10-5-6-12(13(15)7-10)9-14(3,4)8-11(2)16/h5-7,11,16H,8-9H2,1-4H3. The van der Waals surface area contributed by atoms with Gasteiger partial charge in [0.05, 0.1) is 6.10 Å². The number of rotatable bonds is 4. The molecule has 2 heteroatoms. The highest BCUT2D eigenvalue weighted by atomic mass is 35.5. The van der Waals surface area contributed by atoms with Gasteiger partial charge < -0.3 is 5.11 Å². The van der Waals surface area contributed by atoms with Crippen LogP contribution in [0.2, 0.25) is 5.02 Å². The van der Waals surface area contributed by atoms with Crippen LogP contribution in [0.25, 0.3) is 0 Å². The van der Waals surface area contributed by atoms with Crippen molar-refractivity contribution >= 4 is 11.6 Å². The van der Waals surface area contributed by atoms with Crippen LogP contribution in [0.1, 0.15) is 38.3 Å². The van der Waals surface area contributed by atoms with Gasteiger partial charge in [0.2, 0.25) is 0 Å². The molecular formula is C14H21ClO. The molecule has 0 amide bonds. The summed E-state index contributed by atoms with van der Waals surface area (Å²) in [4.78, 5) is 0. The number of aliphatic hydroxyl groups is 1. The van der Waals surface area contributed by atoms with Crippen LogP contribution in [-0.4, -0.2) is 11.2 Å². The molecule has 16 heavy (non-hydrogen) atoms. The highest BCUT2D eigenvalue weighted by Crippen LogP contribution is 2.30. The van der Waals surface area contributed by atoms with E-state index in [1.807, 2.05) is 19.9 Å². The average molecular weight is 241 g/mol. The van der Waals surface area contributed by atoms with Gasteiger partial charge in [-0.3, -0.25) is 0 Å². The molecule has 1 N–H and O–H groups in total. The van der Waals surface area contributed by atoms with Gasteiger partial charge in [-0.25, -0.2) is 0 Å². The minimum Gasteiger partial charge on any atom is -0.393 e. The summed E-state index contributed by atoms with van der Waals surface area (Å²) in [5.41, 5.74) is 2.42. The Morgan fingerprint density at radius 3 is 2.50 bits per heavy atom. The van der Waals surface area contributed by atoms with Gasteiger partial charge >= 0.3 is 0 Å². The number of halogens is 1. The van der Waals surface area contributed by atoms with Crippen molar-refractivity contribution in [3.63, 3.8) is 0 Å². The molecule has 1 aromatic rings. The summed E-state index contributed by atoms with van der Waals surface area (Å²) in [6.45, 7) is 8.20. The number of aryl methyl sites for hydroxylation is 1. The molecule has 0 aliphatic rings. The summed E-state index contributed by atoms with van der Waals surface area (Å²) in [6, 6.07) is 6.16. The minimum absolute atomic E-state index is 0.0765. The third-order valence-electron chi connectivity index (χ3n) is 2.73. The fraction of sp³-hybridized carbons (Fsp3) is 0.571. The Morgan fingerprint density at radius 1 is 1.38 bits per heavy atom. The van der Waals surface area contributed by atoms with Crippen LogP contribution in [0, 0.1) is 12.3 Å². The molecule has 1 atom stereocenters. The van der Waals surface area contributed by atoms with E-state index in [2.05, 4.69) is 26.0 Å². The van der Waals surface area contributed by atoms with Crippen LogP contribution in [0.3, 0.4) is 0 Å². The van der Waals surface area contributed by atoms with E-state index in [1.165, 1.54) is 5.56 Å². The maximum absolute atomic E-state index is 9.45. The molecule has 0 spiro atoms. The summed E-state index contributed by atoms with van der Waals surface area (Å²) >= 11 is 6.21. The van der Waals surface area contributed by atoms with Gasteiger partial charge in [0.15, 0.2) is 0 Å². The molecule has 1 nitrogen and oxygen atoms in total. The van der Waals surface area contributed by atoms with E-state index >= 15 is 0 Å². The van der Waals surface area contributed by atoms with Crippen molar-refractivity contribution < 1.29 is 5.11 Å². The maximum Gasteiger partial charge on any atom is 0.0517 e. The lowest BCUT2D eigenvalue weighted by Gasteiger charge is -2.26. The molecule has 0 aromatic heterocycles. The third-order valence-corrected chi connectivity index (χ3v) is 3.08. The number of benzene rings is 1. The van der Waals surface area contributed by atoms with Crippen molar-refractivity contribution in [2.75, 3.05) is 0 Å². The van der Waals surface area contributed by atoms with Crippen molar-refractivity contribution in [1.29, 1.82) is 0 Å². The molecule has 0 saturated carbocycles. The van der Waals surface area contributed by atoms with Crippen molar-refractivity contribution in [3.8, 4) is 0 Å². The quantitative estimate of drug-likeness (QED) is 0.844. The van der Waals surface area contributed by atoms with Gasteiger partial charge in [0.1, 0.15) is 0 Å². The first-order chi connectivity index (χ1) is 7.30. The summed E-state index contributed by atoms with van der Waals surface area (Å²) in [6.07, 6.45) is 1.42. The zero-order valence-electron chi connectivity index (χ0n) is 10.5. The van der Waals surface area contributed by atoms with E-state index in [9.17, 15) is 5.11 Å². The van der Waals surface area contributed by atoms with Crippen LogP contribution in [0.4, 0.5) is 0 Å². The molecule has 1 rings (SSSR count). The van der Waals surface area contributed by atoms with Crippen LogP contribution < -0.4 is 0 Å². The first kappa shape index (κ1) is 13.5. The zero-order chi connectivity index (χ0) is 12.3. The van der Waals surface area contributed by atoms with Crippen molar-refractivity contribution in [1.82, 2.24) is 0 Å². The van der Waals surface area contributed by atoms with E-state index in [1.54, 1.807) is 0 Å². The molecule has 0 fully saturated rings. The topological polar surface area (TPSA) is 20.2 Å². The average Bonchev–Trinajstić information content (AvgIpc) is 2.07. The lowest BCUT2D eigenvalue weighted by Crippen LogP contribution is -2.21. The zero-order valence-corrected chi connectivity index (χ0v) is 11.3. The predicted octanol–water partition coefficient (Wildman–Crippen LogP) is 3.99. The van der Waals surface area contributed by atoms with Crippen LogP contribution in [0.15, 0.2) is 18.2 Å². The summed E-state index contributed by atoms with van der Waals surface area (Å²) < 4.78 is 0. The molecular weight excluding hydrogens is 220 g/mol. The second-order valence-electron chi connectivity index (χ2n) is 5.49. The lowest BCUT2D eigenvalue weighted by atomic mass is 9.81. The largest absolute Gasteiger partial charge is 0.393 e. The first-order valence-corrected chi connectivity index (χ1v) is 6.11. The van der Waals surface area contributed by atoms with Crippen LogP contribution in [0.5, 0.6) is 0 Å². The van der Waals surface area contributed by atoms with Gasteiger partial charge in [-0.2, -0.15) is 0 Å². The SMILES string of the molecule is Cc1ccc(CC(C)(C)CC(C)O)c(Cl)c1. The molecule has 0 heterocycles. The van der Waals surface area contributed by atoms with E-state index in [4.69, 9.17) is 11.6 Å². The smallest absolute Gasteiger partial charge is 0.0517 e. The highest BCUT2D eigenvalue weighted by molar-refractivity contribution is 6.31. The Kier molecular flexibility index (Phi) is 4.40. The third kappa shape index (κ3) is 4.15. The second kappa shape index (κ2) is 5.20. The van der Waals surface area contributed by atoms with Crippen LogP contribution >= 0.6 is 11.6 Å². The molecule has 0 saturated heterocycles. The fourth-order valence-electron chi connectivity index (χ4n) is 2.18. The molecule has 1 aromatic carbocycles. The Morgan fingerprint density at radius 2 is 2.00 bits per heavy atom. The Balaban J connectivity index is 2.79. The Hall–Kier alpha value is -0.530. The predicted molar refractivity (Wildman–Crippen MR) is 70.0 cm³/mol. The number of hydrogen-bond donors (Lipinski definition) is 1. The second-order valence-corrected chi connectivity index (χ2v) is 5.90. The van der Waals surface area contributed by atoms with Gasteiger partial charge in [0.25, 0.3) is 0 Å². The van der Waals surface area contributed by atoms with E-state index < -0.39 is 0 Å². The van der Waals surface area contributed by atoms with Crippen LogP contribution in [-0.2, 0) is 6.42 Å². The van der Waals surface area contributed by atoms with Gasteiger partial charge in [0, 0.05) is 5.02 Å². The molecule has 0 radical (unpaired) electrons. The number of hydrogen-bond acceptors (Lipinski definition) is 1. The van der Waals surface area contributed by atoms with E-state index in [-0.39, 0.29) is 11.5 Å². The molecule has 90 valence electrons. The van der Waals surface area contributed by atoms with E-state index in [0.29, 0.717) is 0 Å². The van der Waals surface area contributed by atoms with E-state index in [0.717, 1.165) is 23.4 Å². The molecule has 1 unspecified atom stereocenters. The summed E-state index contributed by atoms with van der Waals surface area (Å²) in [5, 5.41) is 10.3. The summed E-state index contributed by atoms with van der Waals surface area (Å²) in [5.74, 6) is 0. The molecule has 0 aliphatic carbocycles. The maximum atomic E-state index is 9.45. The van der Waals surface area contributed by atoms with Gasteiger partial charge in [-0.1, -0.05) is 37.6 Å². The first-order valence-electron chi connectivity index (χ1n) is 5.73.